The lowest BCUT2D eigenvalue weighted by atomic mass is 9.99. The van der Waals surface area contributed by atoms with E-state index in [0.29, 0.717) is 12.8 Å². The Morgan fingerprint density at radius 3 is 1.06 bits per heavy atom. The molecule has 1 aliphatic rings. The number of nitrogens with one attached hydrogen (secondary N) is 1. The molecule has 1 fully saturated rings. The second kappa shape index (κ2) is 64.8. The molecule has 7 atom stereocenters. The first kappa shape index (κ1) is 80.9. The van der Waals surface area contributed by atoms with Crippen molar-refractivity contribution in [3.8, 4) is 0 Å². The zero-order chi connectivity index (χ0) is 62.1. The van der Waals surface area contributed by atoms with Gasteiger partial charge in [-0.05, 0) is 83.5 Å². The lowest BCUT2D eigenvalue weighted by Crippen LogP contribution is -2.60. The van der Waals surface area contributed by atoms with Crippen molar-refractivity contribution in [2.75, 3.05) is 13.2 Å². The van der Waals surface area contributed by atoms with Gasteiger partial charge in [0, 0.05) is 6.42 Å². The Balaban J connectivity index is 2.16. The minimum Gasteiger partial charge on any atom is -0.394 e. The molecule has 1 saturated heterocycles. The third-order valence-electron chi connectivity index (χ3n) is 16.6. The average molecular weight is 1200 g/mol. The molecule has 1 heterocycles. The highest BCUT2D eigenvalue weighted by Crippen LogP contribution is 2.24. The van der Waals surface area contributed by atoms with Crippen molar-refractivity contribution in [3.63, 3.8) is 0 Å². The van der Waals surface area contributed by atoms with Crippen molar-refractivity contribution < 1.29 is 39.8 Å². The molecule has 0 aliphatic carbocycles. The SMILES string of the molecule is CC/C=C\C/C=C\C/C=C\C/C=C\C/C=C\C/C=C\C/C=C\C/C=C\C/C=C\CCCCCC(=O)NC(COC1OC(CO)C(O)C(O)C1O)C(O)CCCCCCCCCCCCCCCCCCCCCCCCCCCCCCCCCC. The summed E-state index contributed by atoms with van der Waals surface area (Å²) in [5.41, 5.74) is 0. The number of allylic oxidation sites excluding steroid dienone is 18. The lowest BCUT2D eigenvalue weighted by Gasteiger charge is -2.40. The number of unbranched alkanes of at least 4 members (excludes halogenated alkanes) is 34. The maximum atomic E-state index is 13.1. The van der Waals surface area contributed by atoms with E-state index < -0.39 is 49.5 Å². The number of aliphatic hydroxyl groups excluding tert-OH is 5. The predicted molar refractivity (Wildman–Crippen MR) is 368 cm³/mol. The zero-order valence-corrected chi connectivity index (χ0v) is 55.5. The number of hydrogen-bond donors (Lipinski definition) is 6. The second-order valence-corrected chi connectivity index (χ2v) is 24.7. The fourth-order valence-electron chi connectivity index (χ4n) is 11.0. The number of rotatable bonds is 62. The van der Waals surface area contributed by atoms with Crippen molar-refractivity contribution in [3.05, 3.63) is 109 Å². The molecular weight excluding hydrogens is 1070 g/mol. The van der Waals surface area contributed by atoms with E-state index in [9.17, 15) is 30.3 Å². The summed E-state index contributed by atoms with van der Waals surface area (Å²) in [6, 6.07) is -0.748. The van der Waals surface area contributed by atoms with Gasteiger partial charge < -0.3 is 40.3 Å². The third-order valence-corrected chi connectivity index (χ3v) is 16.6. The topological polar surface area (TPSA) is 149 Å². The Hall–Kier alpha value is -3.15. The summed E-state index contributed by atoms with van der Waals surface area (Å²) >= 11 is 0. The summed E-state index contributed by atoms with van der Waals surface area (Å²) in [7, 11) is 0. The number of hydrogen-bond acceptors (Lipinski definition) is 8. The number of ether oxygens (including phenoxy) is 2. The molecule has 0 saturated carbocycles. The van der Waals surface area contributed by atoms with Crippen LogP contribution in [-0.2, 0) is 14.3 Å². The maximum absolute atomic E-state index is 13.1. The number of carbonyl (C=O) groups is 1. The van der Waals surface area contributed by atoms with E-state index in [4.69, 9.17) is 9.47 Å². The molecule has 0 aromatic heterocycles. The van der Waals surface area contributed by atoms with E-state index in [2.05, 4.69) is 129 Å². The summed E-state index contributed by atoms with van der Waals surface area (Å²) in [5, 5.41) is 54.9. The van der Waals surface area contributed by atoms with Crippen LogP contribution in [0.3, 0.4) is 0 Å². The predicted octanol–water partition coefficient (Wildman–Crippen LogP) is 20.0. The van der Waals surface area contributed by atoms with Crippen LogP contribution in [0, 0.1) is 0 Å². The first-order valence-corrected chi connectivity index (χ1v) is 36.1. The van der Waals surface area contributed by atoms with Crippen molar-refractivity contribution >= 4 is 5.91 Å². The largest absolute Gasteiger partial charge is 0.394 e. The van der Waals surface area contributed by atoms with Crippen LogP contribution in [0.15, 0.2) is 109 Å². The molecule has 496 valence electrons. The molecule has 1 aliphatic heterocycles. The van der Waals surface area contributed by atoms with Gasteiger partial charge in [-0.25, -0.2) is 0 Å². The minimum absolute atomic E-state index is 0.158. The highest BCUT2D eigenvalue weighted by molar-refractivity contribution is 5.76. The van der Waals surface area contributed by atoms with Crippen molar-refractivity contribution in [2.24, 2.45) is 0 Å². The van der Waals surface area contributed by atoms with Gasteiger partial charge in [0.15, 0.2) is 6.29 Å². The summed E-state index contributed by atoms with van der Waals surface area (Å²) in [4.78, 5) is 13.1. The molecule has 86 heavy (non-hydrogen) atoms. The zero-order valence-electron chi connectivity index (χ0n) is 55.5. The van der Waals surface area contributed by atoms with E-state index >= 15 is 0 Å². The van der Waals surface area contributed by atoms with E-state index in [1.54, 1.807) is 0 Å². The molecule has 0 aromatic rings. The van der Waals surface area contributed by atoms with E-state index in [-0.39, 0.29) is 12.5 Å². The molecule has 0 spiro atoms. The molecule has 1 rings (SSSR count). The van der Waals surface area contributed by atoms with Gasteiger partial charge >= 0.3 is 0 Å². The molecule has 9 heteroatoms. The van der Waals surface area contributed by atoms with Crippen LogP contribution in [0.25, 0.3) is 0 Å². The monoisotopic (exact) mass is 1200 g/mol. The Morgan fingerprint density at radius 2 is 0.721 bits per heavy atom. The smallest absolute Gasteiger partial charge is 0.220 e. The van der Waals surface area contributed by atoms with Crippen LogP contribution >= 0.6 is 0 Å². The molecule has 1 amide bonds. The van der Waals surface area contributed by atoms with E-state index in [0.717, 1.165) is 103 Å². The Morgan fingerprint density at radius 1 is 0.407 bits per heavy atom. The van der Waals surface area contributed by atoms with Gasteiger partial charge in [-0.1, -0.05) is 335 Å². The van der Waals surface area contributed by atoms with E-state index in [1.165, 1.54) is 186 Å². The van der Waals surface area contributed by atoms with Crippen molar-refractivity contribution in [1.29, 1.82) is 0 Å². The minimum atomic E-state index is -1.57. The molecule has 6 N–H and O–H groups in total. The Labute approximate surface area is 529 Å². The maximum Gasteiger partial charge on any atom is 0.220 e. The third kappa shape index (κ3) is 52.8. The van der Waals surface area contributed by atoms with Gasteiger partial charge in [0.2, 0.25) is 5.91 Å². The van der Waals surface area contributed by atoms with E-state index in [1.807, 2.05) is 0 Å². The average Bonchev–Trinajstić information content (AvgIpc) is 3.59. The van der Waals surface area contributed by atoms with Crippen LogP contribution in [0.5, 0.6) is 0 Å². The second-order valence-electron chi connectivity index (χ2n) is 24.7. The van der Waals surface area contributed by atoms with Crippen LogP contribution in [-0.4, -0.2) is 87.5 Å². The standard InChI is InChI=1S/C77H135NO8/c1-3-5-7-9-11-13-15-17-19-21-23-25-27-29-31-33-35-37-38-40-42-44-46-48-50-52-54-56-58-60-62-64-66-71(80)70(69-85-77-76(84)75(83)74(82)72(68-79)86-77)78-73(81)67-65-63-61-59-57-55-53-51-49-47-45-43-41-39-36-34-32-30-28-26-24-22-20-18-16-14-12-10-8-6-4-2/h6,8,12,14,18,20,24,26,30,32,36,39,43,45,49,51,55,57,70-72,74-77,79-80,82-84H,3-5,7,9-11,13,15-17,19,21-23,25,27-29,31,33-35,37-38,40-42,44,46-48,50,52-54,56,58-69H2,1-2H3,(H,78,81)/b8-6-,14-12-,20-18-,26-24-,32-30-,39-36-,45-43-,51-49-,57-55-. The molecule has 0 radical (unpaired) electrons. The summed E-state index contributed by atoms with van der Waals surface area (Å²) in [6.45, 7) is 3.73. The highest BCUT2D eigenvalue weighted by atomic mass is 16.7. The van der Waals surface area contributed by atoms with Crippen LogP contribution in [0.4, 0.5) is 0 Å². The quantitative estimate of drug-likeness (QED) is 0.0261. The summed E-state index contributed by atoms with van der Waals surface area (Å²) in [5.74, 6) is -0.176. The molecule has 0 aromatic carbocycles. The van der Waals surface area contributed by atoms with Gasteiger partial charge in [-0.15, -0.1) is 0 Å². The van der Waals surface area contributed by atoms with Gasteiger partial charge in [-0.2, -0.15) is 0 Å². The molecule has 0 bridgehead atoms. The first-order chi connectivity index (χ1) is 42.3. The number of carbonyl (C=O) groups excluding carboxylic acids is 1. The normalized spacial score (nSPS) is 18.7. The van der Waals surface area contributed by atoms with Crippen molar-refractivity contribution in [1.82, 2.24) is 5.32 Å². The van der Waals surface area contributed by atoms with Crippen molar-refractivity contribution in [2.45, 2.75) is 358 Å². The molecule has 9 nitrogen and oxygen atoms in total. The summed E-state index contributed by atoms with van der Waals surface area (Å²) in [6.07, 6.45) is 88.7. The fourth-order valence-corrected chi connectivity index (χ4v) is 11.0. The molecule has 7 unspecified atom stereocenters. The molecular formula is C77H135NO8. The lowest BCUT2D eigenvalue weighted by molar-refractivity contribution is -0.302. The van der Waals surface area contributed by atoms with Gasteiger partial charge in [0.25, 0.3) is 0 Å². The number of aliphatic hydroxyl groups is 5. The Kier molecular flexibility index (Phi) is 61.0. The fraction of sp³-hybridized carbons (Fsp3) is 0.753. The van der Waals surface area contributed by atoms with Gasteiger partial charge in [0.05, 0.1) is 25.4 Å². The van der Waals surface area contributed by atoms with Gasteiger partial charge in [-0.3, -0.25) is 4.79 Å². The number of amides is 1. The van der Waals surface area contributed by atoms with Gasteiger partial charge in [0.1, 0.15) is 24.4 Å². The Bertz CT molecular complexity index is 1730. The van der Waals surface area contributed by atoms with Crippen LogP contribution in [0.2, 0.25) is 0 Å². The highest BCUT2D eigenvalue weighted by Gasteiger charge is 2.44. The summed E-state index contributed by atoms with van der Waals surface area (Å²) < 4.78 is 11.4. The van der Waals surface area contributed by atoms with Crippen LogP contribution < -0.4 is 5.32 Å². The van der Waals surface area contributed by atoms with Crippen LogP contribution in [0.1, 0.15) is 316 Å². The first-order valence-electron chi connectivity index (χ1n) is 36.1.